The molecule has 2 N–H and O–H groups in total. The Morgan fingerprint density at radius 1 is 1.13 bits per heavy atom. The number of pyridine rings is 1. The van der Waals surface area contributed by atoms with Gasteiger partial charge in [-0.3, -0.25) is 4.98 Å². The summed E-state index contributed by atoms with van der Waals surface area (Å²) in [6.45, 7) is 8.62. The van der Waals surface area contributed by atoms with E-state index in [1.165, 1.54) is 4.31 Å². The molecule has 3 rings (SSSR count). The van der Waals surface area contributed by atoms with Gasteiger partial charge in [0.25, 0.3) is 0 Å². The number of likely N-dealkylation sites (N-methyl/N-ethyl adjacent to an activating group) is 1. The minimum Gasteiger partial charge on any atom is -0.448 e. The second-order valence-electron chi connectivity index (χ2n) is 10.2. The van der Waals surface area contributed by atoms with E-state index < -0.39 is 22.2 Å². The monoisotopic (exact) mass is 543 g/mol. The molecule has 0 saturated heterocycles. The molecule has 0 aliphatic carbocycles. The molecule has 0 aliphatic rings. The molecule has 38 heavy (non-hydrogen) atoms. The lowest BCUT2D eigenvalue weighted by atomic mass is 10.0. The van der Waals surface area contributed by atoms with Crippen molar-refractivity contribution in [2.45, 2.75) is 77.2 Å². The Balaban J connectivity index is 1.66. The van der Waals surface area contributed by atoms with Crippen molar-refractivity contribution in [2.75, 3.05) is 20.2 Å². The van der Waals surface area contributed by atoms with Crippen LogP contribution in [0.4, 0.5) is 4.79 Å². The number of unbranched alkanes of at least 4 members (excludes halogenated alkanes) is 3. The van der Waals surface area contributed by atoms with Crippen LogP contribution in [0.1, 0.15) is 70.0 Å². The number of hydrogen-bond acceptors (Lipinski definition) is 6. The van der Waals surface area contributed by atoms with Crippen LogP contribution >= 0.6 is 0 Å². The highest BCUT2D eigenvalue weighted by molar-refractivity contribution is 7.89. The number of fused-ring (bicyclic) bond motifs is 1. The van der Waals surface area contributed by atoms with Crippen molar-refractivity contribution in [3.05, 3.63) is 53.6 Å². The summed E-state index contributed by atoms with van der Waals surface area (Å²) in [6.07, 6.45) is 6.55. The van der Waals surface area contributed by atoms with Gasteiger partial charge in [0.05, 0.1) is 22.1 Å². The fourth-order valence-electron chi connectivity index (χ4n) is 4.41. The minimum absolute atomic E-state index is 0.00839. The van der Waals surface area contributed by atoms with E-state index in [0.29, 0.717) is 19.4 Å². The van der Waals surface area contributed by atoms with Gasteiger partial charge >= 0.3 is 6.09 Å². The number of sulfonamides is 1. The fourth-order valence-corrected chi connectivity index (χ4v) is 5.76. The van der Waals surface area contributed by atoms with E-state index >= 15 is 0 Å². The predicted molar refractivity (Wildman–Crippen MR) is 150 cm³/mol. The molecule has 1 amide bonds. The zero-order valence-electron chi connectivity index (χ0n) is 23.2. The SMILES string of the molecule is CCCCCCNC(=O)OC[C@H](CC(C)C)N(C)S(=O)(=O)c1ccc(Cc2nccc3[nH]c(C)nc23)cc1. The number of hydrogen-bond donors (Lipinski definition) is 2. The molecule has 0 aliphatic heterocycles. The summed E-state index contributed by atoms with van der Waals surface area (Å²) in [5.74, 6) is 1.05. The largest absolute Gasteiger partial charge is 0.448 e. The molecular weight excluding hydrogens is 502 g/mol. The Kier molecular flexibility index (Phi) is 10.7. The van der Waals surface area contributed by atoms with Gasteiger partial charge in [0.1, 0.15) is 17.9 Å². The third-order valence-corrected chi connectivity index (χ3v) is 8.46. The molecule has 2 aromatic heterocycles. The van der Waals surface area contributed by atoms with E-state index in [2.05, 4.69) is 27.2 Å². The predicted octanol–water partition coefficient (Wildman–Crippen LogP) is 5.20. The molecule has 1 aromatic carbocycles. The number of carbonyl (C=O) groups excluding carboxylic acids is 1. The number of nitrogens with zero attached hydrogens (tertiary/aromatic N) is 3. The van der Waals surface area contributed by atoms with E-state index in [1.54, 1.807) is 37.5 Å². The maximum absolute atomic E-state index is 13.5. The first-order valence-corrected chi connectivity index (χ1v) is 14.8. The standard InChI is InChI=1S/C28H41N5O4S/c1-6-7-8-9-15-30-28(34)37-19-23(17-20(2)3)33(5)38(35,36)24-12-10-22(11-13-24)18-26-27-25(14-16-29-26)31-21(4)32-27/h10-14,16,20,23H,6-9,15,17-19H2,1-5H3,(H,30,34)(H,31,32)/t23-/m0/s1. The number of carbonyl (C=O) groups is 1. The highest BCUT2D eigenvalue weighted by Crippen LogP contribution is 2.23. The fraction of sp³-hybridized carbons (Fsp3) is 0.536. The van der Waals surface area contributed by atoms with Crippen LogP contribution in [0.3, 0.4) is 0 Å². The van der Waals surface area contributed by atoms with E-state index in [4.69, 9.17) is 4.74 Å². The lowest BCUT2D eigenvalue weighted by Crippen LogP contribution is -2.42. The van der Waals surface area contributed by atoms with Gasteiger partial charge in [0.15, 0.2) is 0 Å². The van der Waals surface area contributed by atoms with Crippen molar-refractivity contribution < 1.29 is 17.9 Å². The van der Waals surface area contributed by atoms with Crippen molar-refractivity contribution in [2.24, 2.45) is 5.92 Å². The highest BCUT2D eigenvalue weighted by atomic mass is 32.2. The van der Waals surface area contributed by atoms with Crippen molar-refractivity contribution >= 4 is 27.1 Å². The summed E-state index contributed by atoms with van der Waals surface area (Å²) in [5.41, 5.74) is 3.52. The molecular formula is C28H41N5O4S. The number of ether oxygens (including phenoxy) is 1. The number of H-pyrrole nitrogens is 1. The van der Waals surface area contributed by atoms with Gasteiger partial charge in [-0.25, -0.2) is 18.2 Å². The summed E-state index contributed by atoms with van der Waals surface area (Å²) in [5, 5.41) is 2.76. The van der Waals surface area contributed by atoms with Crippen molar-refractivity contribution in [1.29, 1.82) is 0 Å². The molecule has 0 saturated carbocycles. The Morgan fingerprint density at radius 2 is 1.87 bits per heavy atom. The van der Waals surface area contributed by atoms with Crippen LogP contribution in [0.2, 0.25) is 0 Å². The molecule has 10 heteroatoms. The average Bonchev–Trinajstić information content (AvgIpc) is 3.27. The first-order chi connectivity index (χ1) is 18.1. The number of aromatic nitrogens is 3. The molecule has 208 valence electrons. The Morgan fingerprint density at radius 3 is 2.55 bits per heavy atom. The van der Waals surface area contributed by atoms with Crippen molar-refractivity contribution in [3.8, 4) is 0 Å². The van der Waals surface area contributed by atoms with Crippen molar-refractivity contribution in [1.82, 2.24) is 24.6 Å². The molecule has 9 nitrogen and oxygen atoms in total. The van der Waals surface area contributed by atoms with Gasteiger partial charge in [-0.1, -0.05) is 52.2 Å². The van der Waals surface area contributed by atoms with Crippen LogP contribution in [-0.4, -0.2) is 60.0 Å². The van der Waals surface area contributed by atoms with Gasteiger partial charge in [0.2, 0.25) is 10.0 Å². The third-order valence-electron chi connectivity index (χ3n) is 6.53. The number of benzene rings is 1. The number of nitrogens with one attached hydrogen (secondary N) is 2. The first kappa shape index (κ1) is 29.6. The zero-order valence-corrected chi connectivity index (χ0v) is 24.0. The smallest absolute Gasteiger partial charge is 0.407 e. The molecule has 0 fully saturated rings. The first-order valence-electron chi connectivity index (χ1n) is 13.4. The van der Waals surface area contributed by atoms with Gasteiger partial charge in [0, 0.05) is 26.2 Å². The summed E-state index contributed by atoms with van der Waals surface area (Å²) >= 11 is 0. The third kappa shape index (κ3) is 8.01. The number of alkyl carbamates (subject to hydrolysis) is 1. The number of amides is 1. The van der Waals surface area contributed by atoms with Crippen LogP contribution in [-0.2, 0) is 21.2 Å². The Hall–Kier alpha value is -2.98. The molecule has 1 atom stereocenters. The molecule has 0 radical (unpaired) electrons. The molecule has 0 spiro atoms. The summed E-state index contributed by atoms with van der Waals surface area (Å²) in [6, 6.07) is 8.26. The molecule has 0 bridgehead atoms. The Bertz CT molecular complexity index is 1290. The van der Waals surface area contributed by atoms with Crippen LogP contribution in [0.5, 0.6) is 0 Å². The lowest BCUT2D eigenvalue weighted by Gasteiger charge is -2.28. The average molecular weight is 544 g/mol. The maximum Gasteiger partial charge on any atom is 0.407 e. The van der Waals surface area contributed by atoms with E-state index in [1.807, 2.05) is 26.8 Å². The van der Waals surface area contributed by atoms with E-state index in [9.17, 15) is 13.2 Å². The zero-order chi connectivity index (χ0) is 27.7. The van der Waals surface area contributed by atoms with Gasteiger partial charge < -0.3 is 15.0 Å². The van der Waals surface area contributed by atoms with Crippen LogP contribution in [0.25, 0.3) is 11.0 Å². The number of imidazole rings is 1. The topological polar surface area (TPSA) is 117 Å². The maximum atomic E-state index is 13.5. The van der Waals surface area contributed by atoms with Crippen LogP contribution < -0.4 is 5.32 Å². The van der Waals surface area contributed by atoms with Crippen LogP contribution in [0, 0.1) is 12.8 Å². The molecule has 0 unspecified atom stereocenters. The normalized spacial score (nSPS) is 12.8. The quantitative estimate of drug-likeness (QED) is 0.270. The minimum atomic E-state index is -3.79. The number of aryl methyl sites for hydroxylation is 1. The summed E-state index contributed by atoms with van der Waals surface area (Å²) < 4.78 is 33.7. The van der Waals surface area contributed by atoms with Gasteiger partial charge in [-0.05, 0) is 49.4 Å². The van der Waals surface area contributed by atoms with Gasteiger partial charge in [-0.2, -0.15) is 4.31 Å². The number of rotatable bonds is 14. The summed E-state index contributed by atoms with van der Waals surface area (Å²) in [7, 11) is -2.24. The second-order valence-corrected chi connectivity index (χ2v) is 12.2. The number of aromatic amines is 1. The van der Waals surface area contributed by atoms with E-state index in [-0.39, 0.29) is 17.4 Å². The highest BCUT2D eigenvalue weighted by Gasteiger charge is 2.29. The molecule has 3 aromatic rings. The molecule has 2 heterocycles. The summed E-state index contributed by atoms with van der Waals surface area (Å²) in [4.78, 5) is 24.6. The van der Waals surface area contributed by atoms with Crippen LogP contribution in [0.15, 0.2) is 41.4 Å². The lowest BCUT2D eigenvalue weighted by molar-refractivity contribution is 0.115. The van der Waals surface area contributed by atoms with E-state index in [0.717, 1.165) is 53.8 Å². The second kappa shape index (κ2) is 13.7. The van der Waals surface area contributed by atoms with Gasteiger partial charge in [-0.15, -0.1) is 0 Å². The van der Waals surface area contributed by atoms with Crippen molar-refractivity contribution in [3.63, 3.8) is 0 Å². The Labute approximate surface area is 226 Å².